The molecule has 0 aromatic heterocycles. The van der Waals surface area contributed by atoms with Crippen LogP contribution in [0.25, 0.3) is 0 Å². The molecule has 0 heterocycles. The minimum atomic E-state index is -0.742. The Morgan fingerprint density at radius 1 is 1.57 bits per heavy atom. The van der Waals surface area contributed by atoms with Crippen LogP contribution in [0.2, 0.25) is 0 Å². The van der Waals surface area contributed by atoms with Crippen molar-refractivity contribution in [1.29, 1.82) is 0 Å². The number of carbonyl (C=O) groups is 1. The molecule has 0 N–H and O–H groups in total. The second kappa shape index (κ2) is 4.43. The van der Waals surface area contributed by atoms with Crippen molar-refractivity contribution in [2.75, 3.05) is 0 Å². The zero-order valence-electron chi connectivity index (χ0n) is 7.66. The predicted molar refractivity (Wildman–Crippen MR) is 50.1 cm³/mol. The Morgan fingerprint density at radius 3 is 2.79 bits per heavy atom. The summed E-state index contributed by atoms with van der Waals surface area (Å²) in [6.07, 6.45) is 4.36. The van der Waals surface area contributed by atoms with Gasteiger partial charge in [0.25, 0.3) is 0 Å². The lowest BCUT2D eigenvalue weighted by molar-refractivity contribution is 0.0433. The lowest BCUT2D eigenvalue weighted by Crippen LogP contribution is -2.14. The Kier molecular flexibility index (Phi) is 3.24. The number of terminal acetylenes is 1. The number of ether oxygens (including phenoxy) is 1. The molecule has 0 saturated heterocycles. The molecule has 1 rings (SSSR count). The molecule has 14 heavy (non-hydrogen) atoms. The van der Waals surface area contributed by atoms with Crippen molar-refractivity contribution in [2.24, 2.45) is 0 Å². The van der Waals surface area contributed by atoms with Crippen molar-refractivity contribution in [3.05, 3.63) is 35.6 Å². The van der Waals surface area contributed by atoms with E-state index in [4.69, 9.17) is 11.2 Å². The summed E-state index contributed by atoms with van der Waals surface area (Å²) >= 11 is 0. The maximum atomic E-state index is 13.0. The average molecular weight is 192 g/mol. The second-order valence-electron chi connectivity index (χ2n) is 2.69. The van der Waals surface area contributed by atoms with Gasteiger partial charge in [0.05, 0.1) is 5.56 Å². The molecule has 0 radical (unpaired) electrons. The van der Waals surface area contributed by atoms with E-state index in [2.05, 4.69) is 5.92 Å². The molecule has 0 aliphatic heterocycles. The highest BCUT2D eigenvalue weighted by Crippen LogP contribution is 2.08. The van der Waals surface area contributed by atoms with Gasteiger partial charge in [0.1, 0.15) is 5.82 Å². The van der Waals surface area contributed by atoms with Crippen molar-refractivity contribution < 1.29 is 13.9 Å². The molecule has 0 amide bonds. The summed E-state index contributed by atoms with van der Waals surface area (Å²) in [5.41, 5.74) is -0.102. The Bertz CT molecular complexity index is 379. The number of benzene rings is 1. The maximum absolute atomic E-state index is 13.0. The molecule has 2 nitrogen and oxygen atoms in total. The number of hydrogen-bond donors (Lipinski definition) is 0. The first-order valence-electron chi connectivity index (χ1n) is 4.06. The number of hydrogen-bond acceptors (Lipinski definition) is 2. The fourth-order valence-electron chi connectivity index (χ4n) is 0.885. The van der Waals surface area contributed by atoms with E-state index >= 15 is 0 Å². The molecule has 0 bridgehead atoms. The van der Waals surface area contributed by atoms with Gasteiger partial charge >= 0.3 is 5.97 Å². The summed E-state index contributed by atoms with van der Waals surface area (Å²) in [6.45, 7) is 1.54. The first-order chi connectivity index (χ1) is 6.65. The van der Waals surface area contributed by atoms with Crippen LogP contribution in [0.1, 0.15) is 17.3 Å². The van der Waals surface area contributed by atoms with Gasteiger partial charge in [-0.3, -0.25) is 0 Å². The Balaban J connectivity index is 2.81. The largest absolute Gasteiger partial charge is 0.446 e. The van der Waals surface area contributed by atoms with Gasteiger partial charge in [-0.25, -0.2) is 9.18 Å². The maximum Gasteiger partial charge on any atom is 0.342 e. The van der Waals surface area contributed by atoms with E-state index in [9.17, 15) is 9.18 Å². The fourth-order valence-corrected chi connectivity index (χ4v) is 0.885. The van der Waals surface area contributed by atoms with Crippen molar-refractivity contribution in [3.8, 4) is 12.3 Å². The van der Waals surface area contributed by atoms with Crippen LogP contribution >= 0.6 is 0 Å². The lowest BCUT2D eigenvalue weighted by Gasteiger charge is -2.07. The predicted octanol–water partition coefficient (Wildman–Crippen LogP) is 2.00. The molecule has 1 aromatic rings. The molecule has 1 unspecified atom stereocenters. The van der Waals surface area contributed by atoms with Gasteiger partial charge < -0.3 is 4.74 Å². The molecular formula is C11H9FO2. The Hall–Kier alpha value is -1.82. The van der Waals surface area contributed by atoms with E-state index in [1.165, 1.54) is 18.2 Å². The highest BCUT2D eigenvalue weighted by molar-refractivity contribution is 5.89. The van der Waals surface area contributed by atoms with Gasteiger partial charge in [0, 0.05) is 0 Å². The van der Waals surface area contributed by atoms with Crippen LogP contribution in [0.15, 0.2) is 24.3 Å². The smallest absolute Gasteiger partial charge is 0.342 e. The van der Waals surface area contributed by atoms with E-state index in [1.807, 2.05) is 0 Å². The third-order valence-electron chi connectivity index (χ3n) is 1.61. The van der Waals surface area contributed by atoms with Crippen molar-refractivity contribution in [2.45, 2.75) is 13.0 Å². The van der Waals surface area contributed by atoms with Gasteiger partial charge in [-0.05, 0) is 19.1 Å². The van der Waals surface area contributed by atoms with Gasteiger partial charge in [-0.2, -0.15) is 0 Å². The zero-order chi connectivity index (χ0) is 10.6. The Morgan fingerprint density at radius 2 is 2.21 bits per heavy atom. The normalized spacial score (nSPS) is 11.5. The second-order valence-corrected chi connectivity index (χ2v) is 2.69. The van der Waals surface area contributed by atoms with Crippen LogP contribution in [0.5, 0.6) is 0 Å². The van der Waals surface area contributed by atoms with Gasteiger partial charge in [0.15, 0.2) is 6.10 Å². The molecule has 1 aromatic carbocycles. The first-order valence-corrected chi connectivity index (χ1v) is 4.06. The molecule has 3 heteroatoms. The molecule has 0 fully saturated rings. The standard InChI is InChI=1S/C11H9FO2/c1-3-8(2)14-11(13)9-6-4-5-7-10(9)12/h1,4-8H,2H3. The van der Waals surface area contributed by atoms with Crippen LogP contribution in [0, 0.1) is 18.2 Å². The van der Waals surface area contributed by atoms with Crippen LogP contribution in [0.3, 0.4) is 0 Å². The fraction of sp³-hybridized carbons (Fsp3) is 0.182. The molecule has 72 valence electrons. The molecule has 0 saturated carbocycles. The quantitative estimate of drug-likeness (QED) is 0.529. The molecule has 1 atom stereocenters. The first kappa shape index (κ1) is 10.3. The highest BCUT2D eigenvalue weighted by atomic mass is 19.1. The van der Waals surface area contributed by atoms with E-state index in [0.29, 0.717) is 0 Å². The summed E-state index contributed by atoms with van der Waals surface area (Å²) in [6, 6.07) is 5.59. The summed E-state index contributed by atoms with van der Waals surface area (Å²) in [5, 5.41) is 0. The summed E-state index contributed by atoms with van der Waals surface area (Å²) < 4.78 is 17.8. The number of halogens is 1. The summed E-state index contributed by atoms with van der Waals surface area (Å²) in [7, 11) is 0. The lowest BCUT2D eigenvalue weighted by atomic mass is 10.2. The third kappa shape index (κ3) is 2.33. The minimum absolute atomic E-state index is 0.102. The van der Waals surface area contributed by atoms with Crippen LogP contribution in [-0.2, 0) is 4.74 Å². The third-order valence-corrected chi connectivity index (χ3v) is 1.61. The van der Waals surface area contributed by atoms with Gasteiger partial charge in [0.2, 0.25) is 0 Å². The van der Waals surface area contributed by atoms with Crippen LogP contribution in [0.4, 0.5) is 4.39 Å². The monoisotopic (exact) mass is 192 g/mol. The van der Waals surface area contributed by atoms with Gasteiger partial charge in [-0.1, -0.05) is 18.1 Å². The number of esters is 1. The van der Waals surface area contributed by atoms with Gasteiger partial charge in [-0.15, -0.1) is 6.42 Å². The van der Waals surface area contributed by atoms with Crippen molar-refractivity contribution in [3.63, 3.8) is 0 Å². The number of carbonyl (C=O) groups excluding carboxylic acids is 1. The summed E-state index contributed by atoms with van der Waals surface area (Å²) in [4.78, 5) is 11.3. The van der Waals surface area contributed by atoms with E-state index < -0.39 is 17.9 Å². The van der Waals surface area contributed by atoms with Crippen LogP contribution < -0.4 is 0 Å². The molecule has 0 aliphatic carbocycles. The Labute approximate surface area is 81.7 Å². The van der Waals surface area contributed by atoms with Crippen LogP contribution in [-0.4, -0.2) is 12.1 Å². The van der Waals surface area contributed by atoms with Crippen molar-refractivity contribution >= 4 is 5.97 Å². The van der Waals surface area contributed by atoms with E-state index in [0.717, 1.165) is 0 Å². The topological polar surface area (TPSA) is 26.3 Å². The summed E-state index contributed by atoms with van der Waals surface area (Å²) in [5.74, 6) is 0.868. The molecule has 0 spiro atoms. The van der Waals surface area contributed by atoms with E-state index in [-0.39, 0.29) is 5.56 Å². The molecule has 0 aliphatic rings. The average Bonchev–Trinajstić information content (AvgIpc) is 2.18. The SMILES string of the molecule is C#CC(C)OC(=O)c1ccccc1F. The number of rotatable bonds is 2. The molecular weight excluding hydrogens is 183 g/mol. The van der Waals surface area contributed by atoms with E-state index in [1.54, 1.807) is 13.0 Å². The minimum Gasteiger partial charge on any atom is -0.446 e. The zero-order valence-corrected chi connectivity index (χ0v) is 7.66. The highest BCUT2D eigenvalue weighted by Gasteiger charge is 2.13. The van der Waals surface area contributed by atoms with Crippen molar-refractivity contribution in [1.82, 2.24) is 0 Å².